The second kappa shape index (κ2) is 9.60. The largest absolute Gasteiger partial charge is 0.334 e. The Hall–Kier alpha value is -6.30. The molecule has 216 valence electrons. The zero-order valence-electron chi connectivity index (χ0n) is 25.4. The van der Waals surface area contributed by atoms with Gasteiger partial charge in [-0.2, -0.15) is 0 Å². The first-order chi connectivity index (χ1) is 22.6. The summed E-state index contributed by atoms with van der Waals surface area (Å²) in [5, 5.41) is 4.76. The molecule has 8 aromatic rings. The number of nitrogens with zero attached hydrogens (tertiary/aromatic N) is 5. The molecule has 5 nitrogen and oxygen atoms in total. The molecule has 9 rings (SSSR count). The molecule has 1 aliphatic heterocycles. The molecule has 2 aromatic heterocycles. The van der Waals surface area contributed by atoms with Crippen molar-refractivity contribution in [3.63, 3.8) is 0 Å². The van der Waals surface area contributed by atoms with E-state index >= 15 is 0 Å². The average Bonchev–Trinajstić information content (AvgIpc) is 3.62. The summed E-state index contributed by atoms with van der Waals surface area (Å²) in [4.78, 5) is 9.87. The van der Waals surface area contributed by atoms with E-state index < -0.39 is 0 Å². The van der Waals surface area contributed by atoms with Gasteiger partial charge in [-0.15, -0.1) is 0 Å². The third-order valence-electron chi connectivity index (χ3n) is 9.35. The van der Waals surface area contributed by atoms with Crippen molar-refractivity contribution >= 4 is 66.4 Å². The van der Waals surface area contributed by atoms with Gasteiger partial charge in [0, 0.05) is 33.3 Å². The van der Waals surface area contributed by atoms with Crippen molar-refractivity contribution in [3.05, 3.63) is 144 Å². The Balaban J connectivity index is 1.51. The molecule has 0 unspecified atom stereocenters. The van der Waals surface area contributed by atoms with Gasteiger partial charge in [0.2, 0.25) is 0 Å². The fraction of sp³-hybridized carbons (Fsp3) is 0.0732. The molecule has 3 heterocycles. The van der Waals surface area contributed by atoms with Crippen LogP contribution in [0.15, 0.2) is 121 Å². The van der Waals surface area contributed by atoms with E-state index in [1.165, 1.54) is 32.9 Å². The number of rotatable bonds is 3. The standard InChI is InChI=1S/C41H27N5/c1-25(2)44-37-21-19-29(43-4)23-38(37)46-36-20-16-27(26-14-17-28(42-3)18-15-26)22-32(36)34-24-33-31-12-8-9-13-35(31)45(30-10-6-5-7-11-30)39(33)41(44)40(34)46/h5-25H,1-2H3. The molecule has 0 radical (unpaired) electrons. The maximum atomic E-state index is 7.84. The summed E-state index contributed by atoms with van der Waals surface area (Å²) in [6, 6.07) is 42.4. The van der Waals surface area contributed by atoms with Gasteiger partial charge in [0.1, 0.15) is 0 Å². The molecule has 0 aliphatic carbocycles. The fourth-order valence-electron chi connectivity index (χ4n) is 7.45. The number of fused-ring (bicyclic) bond motifs is 9. The van der Waals surface area contributed by atoms with Gasteiger partial charge in [-0.05, 0) is 73.5 Å². The van der Waals surface area contributed by atoms with Gasteiger partial charge < -0.3 is 14.0 Å². The summed E-state index contributed by atoms with van der Waals surface area (Å²) in [7, 11) is 0. The minimum absolute atomic E-state index is 0.150. The first kappa shape index (κ1) is 26.1. The van der Waals surface area contributed by atoms with E-state index in [2.05, 4.69) is 123 Å². The van der Waals surface area contributed by atoms with Gasteiger partial charge in [-0.25, -0.2) is 9.69 Å². The van der Waals surface area contributed by atoms with Crippen molar-refractivity contribution in [2.45, 2.75) is 19.9 Å². The van der Waals surface area contributed by atoms with Crippen LogP contribution >= 0.6 is 0 Å². The second-order valence-corrected chi connectivity index (χ2v) is 12.2. The highest BCUT2D eigenvalue weighted by molar-refractivity contribution is 6.27. The lowest BCUT2D eigenvalue weighted by Gasteiger charge is -2.37. The zero-order valence-corrected chi connectivity index (χ0v) is 25.4. The quantitative estimate of drug-likeness (QED) is 0.188. The molecule has 0 N–H and O–H groups in total. The monoisotopic (exact) mass is 589 g/mol. The van der Waals surface area contributed by atoms with E-state index in [0.29, 0.717) is 11.4 Å². The number of anilines is 2. The predicted molar refractivity (Wildman–Crippen MR) is 190 cm³/mol. The SMILES string of the molecule is [C-]#[N+]c1ccc(-c2ccc3c(c2)c2cc4c5ccccc5n(-c5ccccc5)c4c4c2n3-c2cc([N+]#[C-])ccc2N4C(C)C)cc1. The fourth-order valence-corrected chi connectivity index (χ4v) is 7.45. The summed E-state index contributed by atoms with van der Waals surface area (Å²) in [5.74, 6) is 0. The third-order valence-corrected chi connectivity index (χ3v) is 9.35. The normalized spacial score (nSPS) is 12.2. The molecule has 0 atom stereocenters. The Kier molecular flexibility index (Phi) is 5.45. The molecule has 0 spiro atoms. The van der Waals surface area contributed by atoms with E-state index in [1.54, 1.807) is 0 Å². The maximum Gasteiger partial charge on any atom is 0.189 e. The lowest BCUT2D eigenvalue weighted by Crippen LogP contribution is -2.30. The van der Waals surface area contributed by atoms with Crippen LogP contribution in [-0.2, 0) is 0 Å². The number of hydrogen-bond acceptors (Lipinski definition) is 1. The summed E-state index contributed by atoms with van der Waals surface area (Å²) in [6.07, 6.45) is 0. The van der Waals surface area contributed by atoms with Crippen molar-refractivity contribution in [2.75, 3.05) is 4.90 Å². The Bertz CT molecular complexity index is 2620. The van der Waals surface area contributed by atoms with Crippen molar-refractivity contribution in [1.29, 1.82) is 0 Å². The minimum Gasteiger partial charge on any atom is -0.334 e. The van der Waals surface area contributed by atoms with Crippen molar-refractivity contribution < 1.29 is 0 Å². The van der Waals surface area contributed by atoms with Crippen LogP contribution < -0.4 is 4.90 Å². The van der Waals surface area contributed by atoms with Crippen LogP contribution in [0, 0.1) is 13.1 Å². The number of aromatic nitrogens is 2. The van der Waals surface area contributed by atoms with E-state index in [4.69, 9.17) is 13.1 Å². The molecule has 1 aliphatic rings. The lowest BCUT2D eigenvalue weighted by atomic mass is 10.0. The molecule has 0 saturated carbocycles. The van der Waals surface area contributed by atoms with Gasteiger partial charge in [-0.3, -0.25) is 0 Å². The van der Waals surface area contributed by atoms with E-state index in [-0.39, 0.29) is 6.04 Å². The number of para-hydroxylation sites is 2. The van der Waals surface area contributed by atoms with Crippen LogP contribution in [0.2, 0.25) is 0 Å². The number of hydrogen-bond donors (Lipinski definition) is 0. The highest BCUT2D eigenvalue weighted by Gasteiger charge is 2.33. The molecular weight excluding hydrogens is 562 g/mol. The van der Waals surface area contributed by atoms with Crippen LogP contribution in [0.1, 0.15) is 13.8 Å². The molecule has 46 heavy (non-hydrogen) atoms. The molecule has 5 heteroatoms. The van der Waals surface area contributed by atoms with Gasteiger partial charge in [0.05, 0.1) is 52.3 Å². The van der Waals surface area contributed by atoms with Crippen LogP contribution in [0.3, 0.4) is 0 Å². The highest BCUT2D eigenvalue weighted by Crippen LogP contribution is 2.53. The van der Waals surface area contributed by atoms with Gasteiger partial charge in [-0.1, -0.05) is 72.8 Å². The van der Waals surface area contributed by atoms with Crippen LogP contribution in [0.5, 0.6) is 0 Å². The van der Waals surface area contributed by atoms with Crippen LogP contribution in [0.4, 0.5) is 22.7 Å². The molecule has 0 fully saturated rings. The molecular formula is C41H27N5. The van der Waals surface area contributed by atoms with Crippen molar-refractivity contribution in [2.24, 2.45) is 0 Å². The van der Waals surface area contributed by atoms with Crippen molar-refractivity contribution in [3.8, 4) is 22.5 Å². The lowest BCUT2D eigenvalue weighted by molar-refractivity contribution is 0.783. The average molecular weight is 590 g/mol. The van der Waals surface area contributed by atoms with Gasteiger partial charge in [0.25, 0.3) is 0 Å². The summed E-state index contributed by atoms with van der Waals surface area (Å²) < 4.78 is 4.79. The zero-order chi connectivity index (χ0) is 31.1. The maximum absolute atomic E-state index is 7.84. The Labute approximate surface area is 266 Å². The Morgan fingerprint density at radius 2 is 1.17 bits per heavy atom. The van der Waals surface area contributed by atoms with Crippen molar-refractivity contribution in [1.82, 2.24) is 9.13 Å². The van der Waals surface area contributed by atoms with E-state index in [0.717, 1.165) is 44.6 Å². The predicted octanol–water partition coefficient (Wildman–Crippen LogP) is 11.5. The number of benzene rings is 6. The molecule has 0 amide bonds. The summed E-state index contributed by atoms with van der Waals surface area (Å²) in [5.41, 5.74) is 12.4. The van der Waals surface area contributed by atoms with Gasteiger partial charge in [0.15, 0.2) is 11.4 Å². The highest BCUT2D eigenvalue weighted by atomic mass is 15.2. The summed E-state index contributed by atoms with van der Waals surface area (Å²) >= 11 is 0. The van der Waals surface area contributed by atoms with Gasteiger partial charge >= 0.3 is 0 Å². The molecule has 0 bridgehead atoms. The Morgan fingerprint density at radius 1 is 0.522 bits per heavy atom. The smallest absolute Gasteiger partial charge is 0.189 e. The second-order valence-electron chi connectivity index (χ2n) is 12.2. The first-order valence-corrected chi connectivity index (χ1v) is 15.5. The molecule has 6 aromatic carbocycles. The van der Waals surface area contributed by atoms with E-state index in [9.17, 15) is 0 Å². The van der Waals surface area contributed by atoms with Crippen LogP contribution in [0.25, 0.3) is 75.8 Å². The first-order valence-electron chi connectivity index (χ1n) is 15.5. The topological polar surface area (TPSA) is 21.8 Å². The minimum atomic E-state index is 0.150. The van der Waals surface area contributed by atoms with E-state index in [1.807, 2.05) is 36.4 Å². The van der Waals surface area contributed by atoms with Crippen LogP contribution in [-0.4, -0.2) is 15.2 Å². The molecule has 0 saturated heterocycles. The Morgan fingerprint density at radius 3 is 1.93 bits per heavy atom. The third kappa shape index (κ3) is 3.49. The summed E-state index contributed by atoms with van der Waals surface area (Å²) in [6.45, 7) is 19.7.